The molecule has 0 saturated carbocycles. The Bertz CT molecular complexity index is 445. The number of benzene rings is 1. The summed E-state index contributed by atoms with van der Waals surface area (Å²) >= 11 is 5.84. The lowest BCUT2D eigenvalue weighted by molar-refractivity contribution is 0.854. The highest BCUT2D eigenvalue weighted by molar-refractivity contribution is 6.30. The topological polar surface area (TPSA) is 21.1 Å². The highest BCUT2D eigenvalue weighted by atomic mass is 35.5. The summed E-state index contributed by atoms with van der Waals surface area (Å²) in [6, 6.07) is 9.58. The first-order chi connectivity index (χ1) is 7.18. The number of halogens is 1. The second-order valence-corrected chi connectivity index (χ2v) is 3.91. The van der Waals surface area contributed by atoms with Crippen molar-refractivity contribution in [1.29, 1.82) is 0 Å². The lowest BCUT2D eigenvalue weighted by Gasteiger charge is -2.14. The number of hydrogen-bond acceptors (Lipinski definition) is 2. The highest BCUT2D eigenvalue weighted by Crippen LogP contribution is 2.18. The summed E-state index contributed by atoms with van der Waals surface area (Å²) in [7, 11) is 3.98. The molecule has 1 aromatic carbocycles. The van der Waals surface area contributed by atoms with E-state index >= 15 is 0 Å². The molecule has 0 aliphatic heterocycles. The molecule has 1 heterocycles. The van der Waals surface area contributed by atoms with Gasteiger partial charge in [-0.3, -0.25) is 0 Å². The molecule has 4 heteroatoms. The zero-order valence-electron chi connectivity index (χ0n) is 8.68. The van der Waals surface area contributed by atoms with E-state index < -0.39 is 0 Å². The van der Waals surface area contributed by atoms with Crippen LogP contribution < -0.4 is 4.90 Å². The first-order valence-corrected chi connectivity index (χ1v) is 5.03. The number of hydrogen-bond donors (Lipinski definition) is 0. The highest BCUT2D eigenvalue weighted by Gasteiger charge is 2.05. The summed E-state index contributed by atoms with van der Waals surface area (Å²) in [4.78, 5) is 2.02. The standard InChI is InChI=1S/C11H12ClN3/c1-14(2)11-7-8-13-15(11)10-5-3-9(12)4-6-10/h3-8H,1-2H3. The Kier molecular flexibility index (Phi) is 2.64. The van der Waals surface area contributed by atoms with E-state index in [-0.39, 0.29) is 0 Å². The van der Waals surface area contributed by atoms with Crippen LogP contribution >= 0.6 is 11.6 Å². The van der Waals surface area contributed by atoms with Gasteiger partial charge >= 0.3 is 0 Å². The number of aromatic nitrogens is 2. The Morgan fingerprint density at radius 3 is 2.40 bits per heavy atom. The monoisotopic (exact) mass is 221 g/mol. The molecule has 78 valence electrons. The fourth-order valence-corrected chi connectivity index (χ4v) is 1.54. The third-order valence-corrected chi connectivity index (χ3v) is 2.40. The van der Waals surface area contributed by atoms with Crippen molar-refractivity contribution < 1.29 is 0 Å². The molecular weight excluding hydrogens is 210 g/mol. The minimum Gasteiger partial charge on any atom is -0.363 e. The molecule has 1 aromatic heterocycles. The van der Waals surface area contributed by atoms with Crippen LogP contribution in [0.25, 0.3) is 5.69 Å². The number of nitrogens with zero attached hydrogens (tertiary/aromatic N) is 3. The van der Waals surface area contributed by atoms with Crippen LogP contribution in [0.5, 0.6) is 0 Å². The average Bonchev–Trinajstić information content (AvgIpc) is 2.67. The van der Waals surface area contributed by atoms with Gasteiger partial charge < -0.3 is 4.90 Å². The quantitative estimate of drug-likeness (QED) is 0.777. The average molecular weight is 222 g/mol. The molecule has 15 heavy (non-hydrogen) atoms. The summed E-state index contributed by atoms with van der Waals surface area (Å²) in [5.41, 5.74) is 1.01. The van der Waals surface area contributed by atoms with E-state index in [1.807, 2.05) is 54.0 Å². The van der Waals surface area contributed by atoms with E-state index in [1.54, 1.807) is 6.20 Å². The minimum atomic E-state index is 0.734. The van der Waals surface area contributed by atoms with E-state index in [9.17, 15) is 0 Å². The summed E-state index contributed by atoms with van der Waals surface area (Å²) < 4.78 is 1.87. The van der Waals surface area contributed by atoms with Gasteiger partial charge in [0.15, 0.2) is 0 Å². The molecule has 0 amide bonds. The van der Waals surface area contributed by atoms with Gasteiger partial charge in [0.05, 0.1) is 11.9 Å². The van der Waals surface area contributed by atoms with Crippen LogP contribution in [0.1, 0.15) is 0 Å². The van der Waals surface area contributed by atoms with E-state index in [2.05, 4.69) is 5.10 Å². The molecule has 0 aliphatic carbocycles. The molecule has 2 rings (SSSR count). The van der Waals surface area contributed by atoms with Crippen LogP contribution in [-0.2, 0) is 0 Å². The molecule has 0 fully saturated rings. The van der Waals surface area contributed by atoms with Crippen LogP contribution in [-0.4, -0.2) is 23.9 Å². The van der Waals surface area contributed by atoms with E-state index in [0.29, 0.717) is 0 Å². The second kappa shape index (κ2) is 3.95. The van der Waals surface area contributed by atoms with Crippen molar-refractivity contribution in [1.82, 2.24) is 9.78 Å². The summed E-state index contributed by atoms with van der Waals surface area (Å²) in [6.45, 7) is 0. The third kappa shape index (κ3) is 1.97. The molecule has 0 N–H and O–H groups in total. The summed E-state index contributed by atoms with van der Waals surface area (Å²) in [6.07, 6.45) is 1.78. The zero-order chi connectivity index (χ0) is 10.8. The predicted octanol–water partition coefficient (Wildman–Crippen LogP) is 2.59. The second-order valence-electron chi connectivity index (χ2n) is 3.47. The Morgan fingerprint density at radius 2 is 1.80 bits per heavy atom. The van der Waals surface area contributed by atoms with Crippen molar-refractivity contribution in [2.75, 3.05) is 19.0 Å². The fraction of sp³-hybridized carbons (Fsp3) is 0.182. The zero-order valence-corrected chi connectivity index (χ0v) is 9.44. The maximum Gasteiger partial charge on any atom is 0.131 e. The number of anilines is 1. The van der Waals surface area contributed by atoms with Crippen molar-refractivity contribution in [2.24, 2.45) is 0 Å². The van der Waals surface area contributed by atoms with Crippen LogP contribution in [0.15, 0.2) is 36.5 Å². The smallest absolute Gasteiger partial charge is 0.131 e. The largest absolute Gasteiger partial charge is 0.363 e. The predicted molar refractivity (Wildman–Crippen MR) is 62.9 cm³/mol. The first kappa shape index (κ1) is 10.1. The Labute approximate surface area is 93.9 Å². The van der Waals surface area contributed by atoms with Crippen molar-refractivity contribution in [3.8, 4) is 5.69 Å². The molecule has 3 nitrogen and oxygen atoms in total. The maximum absolute atomic E-state index is 5.84. The molecule has 0 spiro atoms. The SMILES string of the molecule is CN(C)c1ccnn1-c1ccc(Cl)cc1. The van der Waals surface area contributed by atoms with E-state index in [1.165, 1.54) is 0 Å². The van der Waals surface area contributed by atoms with Crippen LogP contribution in [0.3, 0.4) is 0 Å². The van der Waals surface area contributed by atoms with Gasteiger partial charge in [-0.05, 0) is 24.3 Å². The Morgan fingerprint density at radius 1 is 1.13 bits per heavy atom. The lowest BCUT2D eigenvalue weighted by Crippen LogP contribution is -2.13. The van der Waals surface area contributed by atoms with Gasteiger partial charge in [0, 0.05) is 25.2 Å². The van der Waals surface area contributed by atoms with Crippen molar-refractivity contribution in [3.05, 3.63) is 41.6 Å². The molecule has 0 aliphatic rings. The van der Waals surface area contributed by atoms with Gasteiger partial charge in [-0.1, -0.05) is 11.6 Å². The summed E-state index contributed by atoms with van der Waals surface area (Å²) in [5.74, 6) is 1.04. The molecule has 2 aromatic rings. The maximum atomic E-state index is 5.84. The van der Waals surface area contributed by atoms with Crippen molar-refractivity contribution in [3.63, 3.8) is 0 Å². The van der Waals surface area contributed by atoms with Gasteiger partial charge in [0.1, 0.15) is 5.82 Å². The fourth-order valence-electron chi connectivity index (χ4n) is 1.42. The van der Waals surface area contributed by atoms with Crippen LogP contribution in [0, 0.1) is 0 Å². The summed E-state index contributed by atoms with van der Waals surface area (Å²) in [5, 5.41) is 5.00. The van der Waals surface area contributed by atoms with Crippen molar-refractivity contribution >= 4 is 17.4 Å². The van der Waals surface area contributed by atoms with Gasteiger partial charge in [-0.2, -0.15) is 5.10 Å². The van der Waals surface area contributed by atoms with Crippen LogP contribution in [0.2, 0.25) is 5.02 Å². The normalized spacial score (nSPS) is 10.3. The Balaban J connectivity index is 2.45. The van der Waals surface area contributed by atoms with Gasteiger partial charge in [0.25, 0.3) is 0 Å². The molecule has 0 radical (unpaired) electrons. The van der Waals surface area contributed by atoms with Gasteiger partial charge in [-0.25, -0.2) is 4.68 Å². The molecule has 0 saturated heterocycles. The molecule has 0 unspecified atom stereocenters. The molecule has 0 bridgehead atoms. The van der Waals surface area contributed by atoms with Crippen molar-refractivity contribution in [2.45, 2.75) is 0 Å². The number of rotatable bonds is 2. The molecule has 0 atom stereocenters. The van der Waals surface area contributed by atoms with E-state index in [0.717, 1.165) is 16.5 Å². The molecular formula is C11H12ClN3. The van der Waals surface area contributed by atoms with Gasteiger partial charge in [0.2, 0.25) is 0 Å². The minimum absolute atomic E-state index is 0.734. The lowest BCUT2D eigenvalue weighted by atomic mass is 10.3. The van der Waals surface area contributed by atoms with E-state index in [4.69, 9.17) is 11.6 Å². The Hall–Kier alpha value is -1.48. The first-order valence-electron chi connectivity index (χ1n) is 4.66. The third-order valence-electron chi connectivity index (χ3n) is 2.15. The van der Waals surface area contributed by atoms with Crippen LogP contribution in [0.4, 0.5) is 5.82 Å². The van der Waals surface area contributed by atoms with Gasteiger partial charge in [-0.15, -0.1) is 0 Å².